The van der Waals surface area contributed by atoms with Crippen LogP contribution in [0.2, 0.25) is 0 Å². The molecule has 1 saturated heterocycles. The van der Waals surface area contributed by atoms with E-state index in [0.29, 0.717) is 54.2 Å². The van der Waals surface area contributed by atoms with E-state index in [9.17, 15) is 19.1 Å². The molecule has 1 heterocycles. The molecule has 0 saturated carbocycles. The Morgan fingerprint density at radius 3 is 1.79 bits per heavy atom. The number of amides is 2. The largest absolute Gasteiger partial charge is 0.372 e. The smallest absolute Gasteiger partial charge is 0.265 e. The van der Waals surface area contributed by atoms with Gasteiger partial charge in [0.05, 0.1) is 5.69 Å². The topological polar surface area (TPSA) is 72.9 Å². The maximum Gasteiger partial charge on any atom is 0.265 e. The molecule has 5 rings (SSSR count). The maximum absolute atomic E-state index is 14.1. The lowest BCUT2D eigenvalue weighted by Gasteiger charge is -2.36. The van der Waals surface area contributed by atoms with Crippen molar-refractivity contribution in [2.75, 3.05) is 36.4 Å². The summed E-state index contributed by atoms with van der Waals surface area (Å²) in [5.74, 6) is -0.990. The molecule has 0 spiro atoms. The summed E-state index contributed by atoms with van der Waals surface area (Å²) in [6.45, 7) is 2.04. The molecule has 1 aliphatic heterocycles. The number of aliphatic hydroxyl groups is 1. The fraction of sp³-hybridized carbons (Fsp3) is 0.161. The second-order valence-corrected chi connectivity index (χ2v) is 9.20. The molecule has 0 aliphatic carbocycles. The molecule has 38 heavy (non-hydrogen) atoms. The van der Waals surface area contributed by atoms with Crippen LogP contribution in [0.1, 0.15) is 21.5 Å². The summed E-state index contributed by atoms with van der Waals surface area (Å²) in [4.78, 5) is 30.2. The minimum absolute atomic E-state index is 0.124. The fourth-order valence-corrected chi connectivity index (χ4v) is 4.75. The van der Waals surface area contributed by atoms with E-state index in [1.54, 1.807) is 95.9 Å². The van der Waals surface area contributed by atoms with Crippen molar-refractivity contribution in [3.05, 3.63) is 132 Å². The van der Waals surface area contributed by atoms with E-state index in [2.05, 4.69) is 5.32 Å². The molecule has 1 aliphatic rings. The third-order valence-corrected chi connectivity index (χ3v) is 6.86. The standard InChI is InChI=1S/C31H28FN3O3/c32-27-13-7-8-14-28(27)34-19-21-35(22-20-34)29(36)23-15-17-26(18-16-23)33-30(37)31(38,24-9-3-1-4-10-24)25-11-5-2-6-12-25/h1-18,38H,19-22H2,(H,33,37). The maximum atomic E-state index is 14.1. The number of nitrogens with one attached hydrogen (secondary N) is 1. The summed E-state index contributed by atoms with van der Waals surface area (Å²) in [6, 6.07) is 30.8. The molecule has 2 N–H and O–H groups in total. The molecule has 0 unspecified atom stereocenters. The Hall–Kier alpha value is -4.49. The zero-order valence-electron chi connectivity index (χ0n) is 20.8. The number of rotatable bonds is 6. The fourth-order valence-electron chi connectivity index (χ4n) is 4.75. The van der Waals surface area contributed by atoms with Gasteiger partial charge in [0.25, 0.3) is 11.8 Å². The summed E-state index contributed by atoms with van der Waals surface area (Å²) in [5, 5.41) is 14.4. The Morgan fingerprint density at radius 2 is 1.24 bits per heavy atom. The van der Waals surface area contributed by atoms with Crippen LogP contribution in [0, 0.1) is 5.82 Å². The quantitative estimate of drug-likeness (QED) is 0.397. The molecule has 0 aromatic heterocycles. The van der Waals surface area contributed by atoms with Crippen molar-refractivity contribution in [1.29, 1.82) is 0 Å². The Morgan fingerprint density at radius 1 is 0.711 bits per heavy atom. The van der Waals surface area contributed by atoms with E-state index in [-0.39, 0.29) is 11.7 Å². The lowest BCUT2D eigenvalue weighted by molar-refractivity contribution is -0.131. The third-order valence-electron chi connectivity index (χ3n) is 6.86. The van der Waals surface area contributed by atoms with Gasteiger partial charge in [-0.15, -0.1) is 0 Å². The molecule has 4 aromatic rings. The predicted molar refractivity (Wildman–Crippen MR) is 145 cm³/mol. The van der Waals surface area contributed by atoms with Crippen molar-refractivity contribution >= 4 is 23.2 Å². The van der Waals surface area contributed by atoms with Crippen molar-refractivity contribution in [1.82, 2.24) is 4.90 Å². The Bertz CT molecular complexity index is 1360. The van der Waals surface area contributed by atoms with Gasteiger partial charge in [-0.05, 0) is 47.5 Å². The molecular formula is C31H28FN3O3. The van der Waals surface area contributed by atoms with Crippen LogP contribution in [-0.2, 0) is 10.4 Å². The minimum atomic E-state index is -1.89. The second kappa shape index (κ2) is 10.9. The van der Waals surface area contributed by atoms with Gasteiger partial charge in [0.2, 0.25) is 0 Å². The first kappa shape index (κ1) is 25.2. The number of para-hydroxylation sites is 1. The minimum Gasteiger partial charge on any atom is -0.372 e. The Kier molecular flexibility index (Phi) is 7.20. The average molecular weight is 510 g/mol. The number of piperazine rings is 1. The molecule has 1 fully saturated rings. The van der Waals surface area contributed by atoms with E-state index < -0.39 is 11.5 Å². The molecule has 0 atom stereocenters. The lowest BCUT2D eigenvalue weighted by atomic mass is 9.85. The SMILES string of the molecule is O=C(c1ccc(NC(=O)C(O)(c2ccccc2)c2ccccc2)cc1)N1CCN(c2ccccc2F)CC1. The number of benzene rings is 4. The van der Waals surface area contributed by atoms with E-state index in [1.165, 1.54) is 6.07 Å². The van der Waals surface area contributed by atoms with Crippen molar-refractivity contribution < 1.29 is 19.1 Å². The lowest BCUT2D eigenvalue weighted by Crippen LogP contribution is -2.49. The molecule has 0 radical (unpaired) electrons. The van der Waals surface area contributed by atoms with Crippen LogP contribution in [0.25, 0.3) is 0 Å². The molecule has 2 amide bonds. The zero-order valence-corrected chi connectivity index (χ0v) is 20.8. The molecule has 6 nitrogen and oxygen atoms in total. The van der Waals surface area contributed by atoms with Crippen LogP contribution in [0.4, 0.5) is 15.8 Å². The van der Waals surface area contributed by atoms with E-state index in [1.807, 2.05) is 17.0 Å². The number of hydrogen-bond donors (Lipinski definition) is 2. The van der Waals surface area contributed by atoms with E-state index in [4.69, 9.17) is 0 Å². The first-order chi connectivity index (χ1) is 18.5. The summed E-state index contributed by atoms with van der Waals surface area (Å²) in [6.07, 6.45) is 0. The normalized spacial score (nSPS) is 13.7. The van der Waals surface area contributed by atoms with Gasteiger partial charge >= 0.3 is 0 Å². The number of halogens is 1. The van der Waals surface area contributed by atoms with Gasteiger partial charge in [-0.25, -0.2) is 4.39 Å². The number of carbonyl (C=O) groups is 2. The number of carbonyl (C=O) groups excluding carboxylic acids is 2. The third kappa shape index (κ3) is 5.01. The van der Waals surface area contributed by atoms with Crippen molar-refractivity contribution in [2.45, 2.75) is 5.60 Å². The highest BCUT2D eigenvalue weighted by Crippen LogP contribution is 2.31. The first-order valence-electron chi connectivity index (χ1n) is 12.5. The first-order valence-corrected chi connectivity index (χ1v) is 12.5. The van der Waals surface area contributed by atoms with Crippen LogP contribution >= 0.6 is 0 Å². The molecule has 7 heteroatoms. The summed E-state index contributed by atoms with van der Waals surface area (Å²) >= 11 is 0. The number of nitrogens with zero attached hydrogens (tertiary/aromatic N) is 2. The van der Waals surface area contributed by atoms with Gasteiger partial charge in [-0.2, -0.15) is 0 Å². The summed E-state index contributed by atoms with van der Waals surface area (Å²) in [5.41, 5.74) is 0.500. The van der Waals surface area contributed by atoms with Crippen molar-refractivity contribution in [3.63, 3.8) is 0 Å². The van der Waals surface area contributed by atoms with Gasteiger partial charge < -0.3 is 20.2 Å². The zero-order chi connectivity index (χ0) is 26.5. The second-order valence-electron chi connectivity index (χ2n) is 9.20. The Balaban J connectivity index is 1.27. The van der Waals surface area contributed by atoms with Crippen LogP contribution in [-0.4, -0.2) is 48.0 Å². The predicted octanol–water partition coefficient (Wildman–Crippen LogP) is 4.66. The highest BCUT2D eigenvalue weighted by Gasteiger charge is 2.40. The highest BCUT2D eigenvalue weighted by molar-refractivity contribution is 6.01. The van der Waals surface area contributed by atoms with Gasteiger partial charge in [0.15, 0.2) is 5.60 Å². The van der Waals surface area contributed by atoms with Crippen LogP contribution in [0.5, 0.6) is 0 Å². The monoisotopic (exact) mass is 509 g/mol. The van der Waals surface area contributed by atoms with Crippen LogP contribution < -0.4 is 10.2 Å². The van der Waals surface area contributed by atoms with Crippen molar-refractivity contribution in [3.8, 4) is 0 Å². The van der Waals surface area contributed by atoms with Gasteiger partial charge in [0.1, 0.15) is 5.82 Å². The number of anilines is 2. The average Bonchev–Trinajstić information content (AvgIpc) is 2.98. The van der Waals surface area contributed by atoms with Crippen LogP contribution in [0.3, 0.4) is 0 Å². The van der Waals surface area contributed by atoms with E-state index in [0.717, 1.165) is 0 Å². The highest BCUT2D eigenvalue weighted by atomic mass is 19.1. The Labute approximate surface area is 221 Å². The van der Waals surface area contributed by atoms with Crippen LogP contribution in [0.15, 0.2) is 109 Å². The molecule has 4 aromatic carbocycles. The summed E-state index contributed by atoms with van der Waals surface area (Å²) in [7, 11) is 0. The molecule has 0 bridgehead atoms. The van der Waals surface area contributed by atoms with Gasteiger partial charge in [-0.3, -0.25) is 9.59 Å². The molecule has 192 valence electrons. The molecular weight excluding hydrogens is 481 g/mol. The van der Waals surface area contributed by atoms with E-state index >= 15 is 0 Å². The van der Waals surface area contributed by atoms with Crippen molar-refractivity contribution in [2.24, 2.45) is 0 Å². The summed E-state index contributed by atoms with van der Waals surface area (Å²) < 4.78 is 14.1. The number of hydrogen-bond acceptors (Lipinski definition) is 4. The van der Waals surface area contributed by atoms with Gasteiger partial charge in [-0.1, -0.05) is 72.8 Å². The van der Waals surface area contributed by atoms with Gasteiger partial charge in [0, 0.05) is 37.4 Å².